The Bertz CT molecular complexity index is 803. The molecular formula is C15H22N6O5. The van der Waals surface area contributed by atoms with Crippen molar-refractivity contribution in [1.82, 2.24) is 24.8 Å². The van der Waals surface area contributed by atoms with Crippen LogP contribution in [0.4, 0.5) is 10.6 Å². The van der Waals surface area contributed by atoms with E-state index in [0.29, 0.717) is 11.2 Å². The molecule has 26 heavy (non-hydrogen) atoms. The number of rotatable bonds is 3. The average Bonchev–Trinajstić information content (AvgIpc) is 3.09. The fraction of sp³-hybridized carbons (Fsp3) is 0.600. The number of alkyl carbamates (subject to hydrolysis) is 1. The van der Waals surface area contributed by atoms with Crippen molar-refractivity contribution in [3.63, 3.8) is 0 Å². The van der Waals surface area contributed by atoms with E-state index < -0.39 is 42.8 Å². The normalized spacial score (nSPS) is 26.2. The Morgan fingerprint density at radius 2 is 2.15 bits per heavy atom. The number of nitrogen functional groups attached to an aromatic ring is 1. The van der Waals surface area contributed by atoms with Crippen LogP contribution in [0.3, 0.4) is 0 Å². The van der Waals surface area contributed by atoms with Gasteiger partial charge in [0.15, 0.2) is 17.7 Å². The maximum atomic E-state index is 12.0. The molecule has 11 nitrogen and oxygen atoms in total. The first-order valence-electron chi connectivity index (χ1n) is 8.08. The van der Waals surface area contributed by atoms with E-state index in [2.05, 4.69) is 20.3 Å². The van der Waals surface area contributed by atoms with Gasteiger partial charge in [0, 0.05) is 0 Å². The minimum Gasteiger partial charge on any atom is -0.444 e. The number of imidazole rings is 1. The van der Waals surface area contributed by atoms with Crippen LogP contribution in [0, 0.1) is 0 Å². The Balaban J connectivity index is 1.84. The number of fused-ring (bicyclic) bond motifs is 1. The summed E-state index contributed by atoms with van der Waals surface area (Å²) in [7, 11) is 0. The van der Waals surface area contributed by atoms with E-state index >= 15 is 0 Å². The molecule has 3 rings (SSSR count). The molecule has 1 amide bonds. The molecule has 11 heteroatoms. The number of nitrogens with zero attached hydrogens (tertiary/aromatic N) is 4. The fourth-order valence-electron chi connectivity index (χ4n) is 2.81. The highest BCUT2D eigenvalue weighted by Gasteiger charge is 2.46. The quantitative estimate of drug-likeness (QED) is 0.564. The van der Waals surface area contributed by atoms with E-state index in [-0.39, 0.29) is 5.82 Å². The summed E-state index contributed by atoms with van der Waals surface area (Å²) in [5.41, 5.74) is 5.81. The molecule has 1 aliphatic heterocycles. The van der Waals surface area contributed by atoms with Gasteiger partial charge in [-0.25, -0.2) is 19.7 Å². The molecule has 3 heterocycles. The monoisotopic (exact) mass is 366 g/mol. The average molecular weight is 366 g/mol. The van der Waals surface area contributed by atoms with Crippen molar-refractivity contribution >= 4 is 23.1 Å². The van der Waals surface area contributed by atoms with Crippen LogP contribution in [0.1, 0.15) is 27.0 Å². The van der Waals surface area contributed by atoms with E-state index in [1.165, 1.54) is 17.2 Å². The number of anilines is 1. The molecule has 2 aromatic heterocycles. The largest absolute Gasteiger partial charge is 0.444 e. The highest BCUT2D eigenvalue weighted by molar-refractivity contribution is 5.81. The van der Waals surface area contributed by atoms with Gasteiger partial charge in [-0.1, -0.05) is 0 Å². The first kappa shape index (κ1) is 18.3. The number of ether oxygens (including phenoxy) is 2. The second-order valence-corrected chi connectivity index (χ2v) is 6.99. The van der Waals surface area contributed by atoms with Gasteiger partial charge in [0.2, 0.25) is 0 Å². The van der Waals surface area contributed by atoms with Crippen molar-refractivity contribution in [2.24, 2.45) is 0 Å². The van der Waals surface area contributed by atoms with Gasteiger partial charge in [-0.15, -0.1) is 0 Å². The summed E-state index contributed by atoms with van der Waals surface area (Å²) < 4.78 is 12.4. The number of aliphatic hydroxyl groups is 2. The van der Waals surface area contributed by atoms with E-state index in [0.717, 1.165) is 0 Å². The van der Waals surface area contributed by atoms with Crippen molar-refractivity contribution < 1.29 is 24.5 Å². The zero-order valence-electron chi connectivity index (χ0n) is 14.7. The predicted octanol–water partition coefficient (Wildman–Crippen LogP) is -0.448. The minimum atomic E-state index is -1.17. The second kappa shape index (κ2) is 6.67. The van der Waals surface area contributed by atoms with Crippen LogP contribution in [0.15, 0.2) is 12.7 Å². The number of hydrogen-bond acceptors (Lipinski definition) is 9. The Morgan fingerprint density at radius 1 is 1.42 bits per heavy atom. The Labute approximate surface area is 149 Å². The van der Waals surface area contributed by atoms with Crippen LogP contribution in [0.25, 0.3) is 11.2 Å². The van der Waals surface area contributed by atoms with Crippen molar-refractivity contribution in [1.29, 1.82) is 0 Å². The van der Waals surface area contributed by atoms with Gasteiger partial charge >= 0.3 is 6.09 Å². The Morgan fingerprint density at radius 3 is 2.81 bits per heavy atom. The van der Waals surface area contributed by atoms with Crippen LogP contribution in [0.5, 0.6) is 0 Å². The molecule has 2 aromatic rings. The number of hydrogen-bond donors (Lipinski definition) is 4. The van der Waals surface area contributed by atoms with Crippen molar-refractivity contribution in [2.75, 3.05) is 12.3 Å². The number of carbonyl (C=O) groups excluding carboxylic acids is 1. The third kappa shape index (κ3) is 3.41. The summed E-state index contributed by atoms with van der Waals surface area (Å²) in [6.07, 6.45) is -0.963. The number of aromatic nitrogens is 4. The fourth-order valence-corrected chi connectivity index (χ4v) is 2.81. The molecule has 142 valence electrons. The molecule has 5 N–H and O–H groups in total. The maximum absolute atomic E-state index is 12.0. The number of carbonyl (C=O) groups is 1. The van der Waals surface area contributed by atoms with Gasteiger partial charge in [-0.2, -0.15) is 0 Å². The lowest BCUT2D eigenvalue weighted by Gasteiger charge is -2.24. The zero-order valence-corrected chi connectivity index (χ0v) is 14.7. The van der Waals surface area contributed by atoms with Crippen LogP contribution in [0.2, 0.25) is 0 Å². The SMILES string of the molecule is CC(C)(C)OC(=O)N[C@H]1[C@@H](O)[C@H](n2cnc3c(N)ncnc32)O[C@@H]1CO. The molecule has 1 saturated heterocycles. The van der Waals surface area contributed by atoms with E-state index in [4.69, 9.17) is 15.2 Å². The summed E-state index contributed by atoms with van der Waals surface area (Å²) >= 11 is 0. The van der Waals surface area contributed by atoms with Gasteiger partial charge in [0.1, 0.15) is 29.7 Å². The van der Waals surface area contributed by atoms with Gasteiger partial charge in [0.25, 0.3) is 0 Å². The second-order valence-electron chi connectivity index (χ2n) is 6.99. The lowest BCUT2D eigenvalue weighted by molar-refractivity contribution is -0.0490. The van der Waals surface area contributed by atoms with Crippen LogP contribution in [-0.4, -0.2) is 66.3 Å². The number of amides is 1. The summed E-state index contributed by atoms with van der Waals surface area (Å²) in [4.78, 5) is 24.1. The topological polar surface area (TPSA) is 158 Å². The molecule has 0 bridgehead atoms. The van der Waals surface area contributed by atoms with Crippen molar-refractivity contribution in [2.45, 2.75) is 50.8 Å². The van der Waals surface area contributed by atoms with Crippen molar-refractivity contribution in [3.8, 4) is 0 Å². The maximum Gasteiger partial charge on any atom is 0.408 e. The standard InChI is InChI=1S/C15H22N6O5/c1-15(2,3)26-14(24)20-8-7(4-22)25-13(10(8)23)21-6-19-9-11(16)17-5-18-12(9)21/h5-8,10,13,22-23H,4H2,1-3H3,(H,20,24)(H2,16,17,18)/t7-,8-,10-,13-/m1/s1. The highest BCUT2D eigenvalue weighted by atomic mass is 16.6. The third-order valence-electron chi connectivity index (χ3n) is 3.90. The van der Waals surface area contributed by atoms with E-state index in [1.54, 1.807) is 20.8 Å². The lowest BCUT2D eigenvalue weighted by atomic mass is 10.1. The van der Waals surface area contributed by atoms with E-state index in [9.17, 15) is 15.0 Å². The first-order chi connectivity index (χ1) is 12.2. The minimum absolute atomic E-state index is 0.198. The predicted molar refractivity (Wildman–Crippen MR) is 89.9 cm³/mol. The Kier molecular flexibility index (Phi) is 4.69. The molecule has 0 saturated carbocycles. The van der Waals surface area contributed by atoms with Crippen LogP contribution < -0.4 is 11.1 Å². The van der Waals surface area contributed by atoms with Gasteiger partial charge < -0.3 is 30.7 Å². The smallest absolute Gasteiger partial charge is 0.408 e. The summed E-state index contributed by atoms with van der Waals surface area (Å²) in [5, 5.41) is 22.8. The third-order valence-corrected chi connectivity index (χ3v) is 3.90. The molecule has 0 radical (unpaired) electrons. The van der Waals surface area contributed by atoms with Gasteiger partial charge in [-0.05, 0) is 20.8 Å². The summed E-state index contributed by atoms with van der Waals surface area (Å²) in [6.45, 7) is 4.77. The number of aliphatic hydroxyl groups excluding tert-OH is 2. The van der Waals surface area contributed by atoms with Gasteiger partial charge in [-0.3, -0.25) is 4.57 Å². The molecular weight excluding hydrogens is 344 g/mol. The highest BCUT2D eigenvalue weighted by Crippen LogP contribution is 2.32. The van der Waals surface area contributed by atoms with Crippen LogP contribution in [-0.2, 0) is 9.47 Å². The Hall–Kier alpha value is -2.50. The van der Waals surface area contributed by atoms with Crippen molar-refractivity contribution in [3.05, 3.63) is 12.7 Å². The summed E-state index contributed by atoms with van der Waals surface area (Å²) in [6, 6.07) is -0.878. The van der Waals surface area contributed by atoms with Crippen LogP contribution >= 0.6 is 0 Å². The molecule has 4 atom stereocenters. The van der Waals surface area contributed by atoms with Gasteiger partial charge in [0.05, 0.1) is 19.0 Å². The zero-order chi connectivity index (χ0) is 19.1. The molecule has 0 aromatic carbocycles. The first-order valence-corrected chi connectivity index (χ1v) is 8.08. The number of nitrogens with two attached hydrogens (primary N) is 1. The molecule has 0 spiro atoms. The number of nitrogens with one attached hydrogen (secondary N) is 1. The molecule has 0 unspecified atom stereocenters. The van der Waals surface area contributed by atoms with E-state index in [1.807, 2.05) is 0 Å². The summed E-state index contributed by atoms with van der Waals surface area (Å²) in [5.74, 6) is 0.198. The lowest BCUT2D eigenvalue weighted by Crippen LogP contribution is -2.49. The molecule has 1 aliphatic rings. The molecule has 0 aliphatic carbocycles. The molecule has 1 fully saturated rings.